The first-order valence-corrected chi connectivity index (χ1v) is 7.34. The highest BCUT2D eigenvalue weighted by Gasteiger charge is 2.13. The van der Waals surface area contributed by atoms with Crippen LogP contribution in [0.4, 0.5) is 0 Å². The standard InChI is InChI=1S/C16H27NO4/c1-6-20-16(21-7-2)11-17-12(3)13-8-9-14(18-4)15(10-13)19-5/h8-10,12,16-17H,6-7,11H2,1-5H3. The van der Waals surface area contributed by atoms with Gasteiger partial charge in [-0.25, -0.2) is 0 Å². The van der Waals surface area contributed by atoms with E-state index in [2.05, 4.69) is 12.2 Å². The van der Waals surface area contributed by atoms with Crippen molar-refractivity contribution >= 4 is 0 Å². The molecule has 1 unspecified atom stereocenters. The lowest BCUT2D eigenvalue weighted by atomic mass is 10.1. The van der Waals surface area contributed by atoms with Crippen LogP contribution in [0, 0.1) is 0 Å². The SMILES string of the molecule is CCOC(CNC(C)c1ccc(OC)c(OC)c1)OCC. The van der Waals surface area contributed by atoms with Gasteiger partial charge in [0.05, 0.1) is 14.2 Å². The summed E-state index contributed by atoms with van der Waals surface area (Å²) in [5.41, 5.74) is 1.12. The highest BCUT2D eigenvalue weighted by atomic mass is 16.7. The van der Waals surface area contributed by atoms with Crippen molar-refractivity contribution in [2.45, 2.75) is 33.1 Å². The minimum atomic E-state index is -0.220. The molecular weight excluding hydrogens is 270 g/mol. The number of rotatable bonds is 10. The average molecular weight is 297 g/mol. The minimum absolute atomic E-state index is 0.160. The van der Waals surface area contributed by atoms with Crippen molar-refractivity contribution in [3.8, 4) is 11.5 Å². The van der Waals surface area contributed by atoms with Gasteiger partial charge in [-0.1, -0.05) is 6.07 Å². The van der Waals surface area contributed by atoms with Gasteiger partial charge in [0.25, 0.3) is 0 Å². The van der Waals surface area contributed by atoms with E-state index in [4.69, 9.17) is 18.9 Å². The first-order valence-electron chi connectivity index (χ1n) is 7.34. The van der Waals surface area contributed by atoms with Gasteiger partial charge in [-0.3, -0.25) is 0 Å². The molecule has 5 heteroatoms. The van der Waals surface area contributed by atoms with E-state index in [9.17, 15) is 0 Å². The first-order chi connectivity index (χ1) is 10.2. The smallest absolute Gasteiger partial charge is 0.169 e. The number of hydrogen-bond acceptors (Lipinski definition) is 5. The summed E-state index contributed by atoms with van der Waals surface area (Å²) in [4.78, 5) is 0. The molecule has 0 aliphatic carbocycles. The van der Waals surface area contributed by atoms with Crippen molar-refractivity contribution in [3.63, 3.8) is 0 Å². The molecule has 1 atom stereocenters. The maximum atomic E-state index is 5.52. The fourth-order valence-corrected chi connectivity index (χ4v) is 2.05. The molecule has 1 rings (SSSR count). The number of hydrogen-bond donors (Lipinski definition) is 1. The summed E-state index contributed by atoms with van der Waals surface area (Å²) in [6.45, 7) is 7.93. The second kappa shape index (κ2) is 9.60. The normalized spacial score (nSPS) is 12.5. The van der Waals surface area contributed by atoms with Gasteiger partial charge >= 0.3 is 0 Å². The van der Waals surface area contributed by atoms with Gasteiger partial charge in [0.15, 0.2) is 17.8 Å². The summed E-state index contributed by atoms with van der Waals surface area (Å²) in [7, 11) is 3.27. The molecule has 1 aromatic carbocycles. The molecule has 21 heavy (non-hydrogen) atoms. The molecule has 0 saturated carbocycles. The van der Waals surface area contributed by atoms with Gasteiger partial charge in [-0.2, -0.15) is 0 Å². The number of nitrogens with one attached hydrogen (secondary N) is 1. The average Bonchev–Trinajstić information content (AvgIpc) is 2.52. The van der Waals surface area contributed by atoms with Crippen molar-refractivity contribution in [1.82, 2.24) is 5.32 Å². The Morgan fingerprint density at radius 1 is 1.00 bits per heavy atom. The fraction of sp³-hybridized carbons (Fsp3) is 0.625. The molecule has 0 saturated heterocycles. The molecule has 0 amide bonds. The molecule has 0 spiro atoms. The van der Waals surface area contributed by atoms with Crippen LogP contribution in [0.2, 0.25) is 0 Å². The predicted octanol–water partition coefficient (Wildman–Crippen LogP) is 2.75. The molecule has 0 radical (unpaired) electrons. The van der Waals surface area contributed by atoms with Crippen LogP contribution in [0.5, 0.6) is 11.5 Å². The molecule has 0 aromatic heterocycles. The lowest BCUT2D eigenvalue weighted by Crippen LogP contribution is -2.33. The third kappa shape index (κ3) is 5.53. The maximum absolute atomic E-state index is 5.52. The summed E-state index contributed by atoms with van der Waals surface area (Å²) in [5.74, 6) is 1.46. The van der Waals surface area contributed by atoms with Gasteiger partial charge in [0.1, 0.15) is 0 Å². The largest absolute Gasteiger partial charge is 0.493 e. The summed E-state index contributed by atoms with van der Waals surface area (Å²) >= 11 is 0. The molecular formula is C16H27NO4. The Morgan fingerprint density at radius 3 is 2.14 bits per heavy atom. The third-order valence-corrected chi connectivity index (χ3v) is 3.20. The quantitative estimate of drug-likeness (QED) is 0.673. The van der Waals surface area contributed by atoms with Crippen molar-refractivity contribution in [3.05, 3.63) is 23.8 Å². The van der Waals surface area contributed by atoms with E-state index in [1.54, 1.807) is 14.2 Å². The van der Waals surface area contributed by atoms with Crippen LogP contribution < -0.4 is 14.8 Å². The monoisotopic (exact) mass is 297 g/mol. The molecule has 1 N–H and O–H groups in total. The zero-order chi connectivity index (χ0) is 15.7. The van der Waals surface area contributed by atoms with E-state index in [0.29, 0.717) is 19.8 Å². The topological polar surface area (TPSA) is 49.0 Å². The van der Waals surface area contributed by atoms with Gasteiger partial charge in [0.2, 0.25) is 0 Å². The van der Waals surface area contributed by atoms with E-state index < -0.39 is 0 Å². The lowest BCUT2D eigenvalue weighted by molar-refractivity contribution is -0.133. The Hall–Kier alpha value is -1.30. The van der Waals surface area contributed by atoms with Crippen LogP contribution in [0.1, 0.15) is 32.4 Å². The van der Waals surface area contributed by atoms with Crippen LogP contribution in [-0.2, 0) is 9.47 Å². The van der Waals surface area contributed by atoms with Gasteiger partial charge in [-0.05, 0) is 38.5 Å². The Morgan fingerprint density at radius 2 is 1.62 bits per heavy atom. The van der Waals surface area contributed by atoms with Crippen molar-refractivity contribution in [2.24, 2.45) is 0 Å². The lowest BCUT2D eigenvalue weighted by Gasteiger charge is -2.21. The summed E-state index contributed by atoms with van der Waals surface area (Å²) in [6.07, 6.45) is -0.220. The van der Waals surface area contributed by atoms with Crippen LogP contribution in [-0.4, -0.2) is 40.3 Å². The van der Waals surface area contributed by atoms with Crippen molar-refractivity contribution in [1.29, 1.82) is 0 Å². The zero-order valence-electron chi connectivity index (χ0n) is 13.6. The van der Waals surface area contributed by atoms with Gasteiger partial charge < -0.3 is 24.3 Å². The molecule has 0 aliphatic heterocycles. The molecule has 0 fully saturated rings. The first kappa shape index (κ1) is 17.8. The molecule has 0 heterocycles. The van der Waals surface area contributed by atoms with Crippen molar-refractivity contribution in [2.75, 3.05) is 34.0 Å². The second-order valence-electron chi connectivity index (χ2n) is 4.58. The van der Waals surface area contributed by atoms with Gasteiger partial charge in [0, 0.05) is 25.8 Å². The molecule has 0 aliphatic rings. The van der Waals surface area contributed by atoms with Gasteiger partial charge in [-0.15, -0.1) is 0 Å². The number of benzene rings is 1. The van der Waals surface area contributed by atoms with Crippen LogP contribution in [0.15, 0.2) is 18.2 Å². The van der Waals surface area contributed by atoms with Crippen LogP contribution in [0.25, 0.3) is 0 Å². The second-order valence-corrected chi connectivity index (χ2v) is 4.58. The van der Waals surface area contributed by atoms with Crippen LogP contribution in [0.3, 0.4) is 0 Å². The highest BCUT2D eigenvalue weighted by molar-refractivity contribution is 5.43. The summed E-state index contributed by atoms with van der Waals surface area (Å²) < 4.78 is 21.6. The summed E-state index contributed by atoms with van der Waals surface area (Å²) in [5, 5.41) is 3.41. The Balaban J connectivity index is 2.64. The minimum Gasteiger partial charge on any atom is -0.493 e. The Kier molecular flexibility index (Phi) is 8.12. The van der Waals surface area contributed by atoms with E-state index in [0.717, 1.165) is 17.1 Å². The Bertz CT molecular complexity index is 405. The highest BCUT2D eigenvalue weighted by Crippen LogP contribution is 2.29. The molecule has 0 bridgehead atoms. The van der Waals surface area contributed by atoms with E-state index in [1.165, 1.54) is 0 Å². The Labute approximate surface area is 127 Å². The number of methoxy groups -OCH3 is 2. The van der Waals surface area contributed by atoms with E-state index in [1.807, 2.05) is 32.0 Å². The molecule has 5 nitrogen and oxygen atoms in total. The van der Waals surface area contributed by atoms with E-state index >= 15 is 0 Å². The number of ether oxygens (including phenoxy) is 4. The molecule has 1 aromatic rings. The van der Waals surface area contributed by atoms with E-state index in [-0.39, 0.29) is 12.3 Å². The summed E-state index contributed by atoms with van der Waals surface area (Å²) in [6, 6.07) is 6.07. The van der Waals surface area contributed by atoms with Crippen molar-refractivity contribution < 1.29 is 18.9 Å². The molecule has 120 valence electrons. The fourth-order valence-electron chi connectivity index (χ4n) is 2.05. The third-order valence-electron chi connectivity index (χ3n) is 3.20. The van der Waals surface area contributed by atoms with Crippen LogP contribution >= 0.6 is 0 Å². The maximum Gasteiger partial charge on any atom is 0.169 e. The predicted molar refractivity (Wildman–Crippen MR) is 83.0 cm³/mol. The zero-order valence-corrected chi connectivity index (χ0v) is 13.6.